The van der Waals surface area contributed by atoms with Crippen molar-refractivity contribution in [2.45, 2.75) is 32.2 Å². The molecule has 2 rings (SSSR count). The third-order valence-electron chi connectivity index (χ3n) is 4.52. The Morgan fingerprint density at radius 2 is 1.63 bits per heavy atom. The van der Waals surface area contributed by atoms with Crippen LogP contribution in [-0.4, -0.2) is 11.9 Å². The maximum Gasteiger partial charge on any atom is 0.319 e. The first-order chi connectivity index (χ1) is 12.7. The number of urea groups is 1. The van der Waals surface area contributed by atoms with Crippen LogP contribution in [0, 0.1) is 0 Å². The zero-order chi connectivity index (χ0) is 20.2. The summed E-state index contributed by atoms with van der Waals surface area (Å²) in [6.45, 7) is 3.95. The summed E-state index contributed by atoms with van der Waals surface area (Å²) in [5.41, 5.74) is 6.11. The van der Waals surface area contributed by atoms with E-state index in [2.05, 4.69) is 10.6 Å². The summed E-state index contributed by atoms with van der Waals surface area (Å²) in [5, 5.41) is 6.78. The fraction of sp³-hybridized carbons (Fsp3) is 0.263. The predicted molar refractivity (Wildman–Crippen MR) is 111 cm³/mol. The number of primary amides is 1. The highest BCUT2D eigenvalue weighted by atomic mass is 35.5. The molecule has 5 nitrogen and oxygen atoms in total. The lowest BCUT2D eigenvalue weighted by Crippen LogP contribution is -2.47. The van der Waals surface area contributed by atoms with Crippen molar-refractivity contribution in [2.24, 2.45) is 5.73 Å². The molecule has 0 spiro atoms. The van der Waals surface area contributed by atoms with E-state index < -0.39 is 17.5 Å². The molecule has 0 aliphatic carbocycles. The quantitative estimate of drug-likeness (QED) is 0.561. The minimum Gasteiger partial charge on any atom is -0.366 e. The van der Waals surface area contributed by atoms with E-state index in [1.165, 1.54) is 12.1 Å². The molecule has 0 fully saturated rings. The number of carbonyl (C=O) groups is 2. The molecule has 0 saturated carbocycles. The van der Waals surface area contributed by atoms with Gasteiger partial charge in [-0.05, 0) is 48.7 Å². The number of rotatable bonds is 6. The van der Waals surface area contributed by atoms with Crippen LogP contribution >= 0.6 is 34.8 Å². The van der Waals surface area contributed by atoms with Crippen LogP contribution in [0.5, 0.6) is 0 Å². The van der Waals surface area contributed by atoms with Gasteiger partial charge in [-0.2, -0.15) is 0 Å². The van der Waals surface area contributed by atoms with Crippen molar-refractivity contribution in [1.82, 2.24) is 5.32 Å². The summed E-state index contributed by atoms with van der Waals surface area (Å²) in [4.78, 5) is 23.8. The molecule has 27 heavy (non-hydrogen) atoms. The minimum atomic E-state index is -0.633. The molecule has 0 radical (unpaired) electrons. The van der Waals surface area contributed by atoms with Crippen molar-refractivity contribution >= 4 is 52.4 Å². The summed E-state index contributed by atoms with van der Waals surface area (Å²) >= 11 is 18.2. The van der Waals surface area contributed by atoms with Gasteiger partial charge in [0.2, 0.25) is 5.91 Å². The molecule has 0 bridgehead atoms. The number of hydrogen-bond acceptors (Lipinski definition) is 2. The van der Waals surface area contributed by atoms with E-state index in [1.807, 2.05) is 19.9 Å². The molecule has 4 N–H and O–H groups in total. The highest BCUT2D eigenvalue weighted by Crippen LogP contribution is 2.33. The van der Waals surface area contributed by atoms with E-state index in [4.69, 9.17) is 40.5 Å². The molecule has 0 aliphatic rings. The minimum absolute atomic E-state index is 0.169. The summed E-state index contributed by atoms with van der Waals surface area (Å²) in [5.74, 6) is -0.633. The van der Waals surface area contributed by atoms with Crippen LogP contribution in [0.15, 0.2) is 36.4 Å². The van der Waals surface area contributed by atoms with E-state index in [0.717, 1.165) is 5.56 Å². The number of amides is 3. The van der Waals surface area contributed by atoms with E-state index in [-0.39, 0.29) is 10.6 Å². The van der Waals surface area contributed by atoms with Crippen molar-refractivity contribution in [3.05, 3.63) is 62.6 Å². The number of benzene rings is 2. The Hall–Kier alpha value is -1.95. The number of hydrogen-bond donors (Lipinski definition) is 3. The van der Waals surface area contributed by atoms with Gasteiger partial charge < -0.3 is 16.4 Å². The van der Waals surface area contributed by atoms with Crippen molar-refractivity contribution in [1.29, 1.82) is 0 Å². The average Bonchev–Trinajstić information content (AvgIpc) is 2.62. The van der Waals surface area contributed by atoms with Gasteiger partial charge in [0.05, 0.1) is 26.2 Å². The van der Waals surface area contributed by atoms with Crippen LogP contribution < -0.4 is 16.4 Å². The number of carbonyl (C=O) groups excluding carboxylic acids is 2. The Labute approximate surface area is 173 Å². The van der Waals surface area contributed by atoms with Gasteiger partial charge in [-0.25, -0.2) is 4.79 Å². The van der Waals surface area contributed by atoms with Crippen LogP contribution in [0.2, 0.25) is 15.1 Å². The van der Waals surface area contributed by atoms with Crippen LogP contribution in [0.1, 0.15) is 42.6 Å². The molecule has 144 valence electrons. The monoisotopic (exact) mass is 427 g/mol. The summed E-state index contributed by atoms with van der Waals surface area (Å²) < 4.78 is 0. The lowest BCUT2D eigenvalue weighted by Gasteiger charge is -2.34. The molecular weight excluding hydrogens is 409 g/mol. The first-order valence-electron chi connectivity index (χ1n) is 8.36. The van der Waals surface area contributed by atoms with Crippen molar-refractivity contribution in [3.8, 4) is 0 Å². The Morgan fingerprint density at radius 1 is 0.963 bits per heavy atom. The first kappa shape index (κ1) is 21.4. The Balaban J connectivity index is 2.23. The Kier molecular flexibility index (Phi) is 6.98. The molecule has 2 aromatic carbocycles. The zero-order valence-corrected chi connectivity index (χ0v) is 17.2. The predicted octanol–water partition coefficient (Wildman–Crippen LogP) is 5.58. The molecule has 0 heterocycles. The molecular formula is C19H20Cl3N3O2. The van der Waals surface area contributed by atoms with Crippen molar-refractivity contribution in [2.75, 3.05) is 5.32 Å². The van der Waals surface area contributed by atoms with Gasteiger partial charge in [0.15, 0.2) is 0 Å². The summed E-state index contributed by atoms with van der Waals surface area (Å²) in [7, 11) is 0. The van der Waals surface area contributed by atoms with Gasteiger partial charge in [-0.3, -0.25) is 4.79 Å². The maximum atomic E-state index is 12.6. The van der Waals surface area contributed by atoms with Crippen molar-refractivity contribution in [3.63, 3.8) is 0 Å². The number of anilines is 1. The SMILES string of the molecule is CCC(CC)(NC(=O)Nc1ccc(C(N)=O)c(Cl)c1)c1ccc(Cl)c(Cl)c1. The second kappa shape index (κ2) is 8.83. The normalized spacial score (nSPS) is 11.1. The highest BCUT2D eigenvalue weighted by Gasteiger charge is 2.31. The van der Waals surface area contributed by atoms with Gasteiger partial charge in [-0.1, -0.05) is 54.7 Å². The topological polar surface area (TPSA) is 84.2 Å². The van der Waals surface area contributed by atoms with E-state index in [0.29, 0.717) is 28.6 Å². The molecule has 3 amide bonds. The van der Waals surface area contributed by atoms with Gasteiger partial charge in [0, 0.05) is 5.69 Å². The summed E-state index contributed by atoms with van der Waals surface area (Å²) in [6.07, 6.45) is 1.30. The molecule has 0 atom stereocenters. The first-order valence-corrected chi connectivity index (χ1v) is 9.50. The van der Waals surface area contributed by atoms with Gasteiger partial charge >= 0.3 is 6.03 Å². The van der Waals surface area contributed by atoms with Crippen molar-refractivity contribution < 1.29 is 9.59 Å². The molecule has 8 heteroatoms. The number of nitrogens with one attached hydrogen (secondary N) is 2. The zero-order valence-electron chi connectivity index (χ0n) is 14.9. The van der Waals surface area contributed by atoms with Crippen LogP contribution in [-0.2, 0) is 5.54 Å². The standard InChI is InChI=1S/C19H20Cl3N3O2/c1-3-19(4-2,11-5-8-14(20)16(22)9-11)25-18(27)24-12-6-7-13(17(23)26)15(21)10-12/h5-10H,3-4H2,1-2H3,(H2,23,26)(H2,24,25,27). The lowest BCUT2D eigenvalue weighted by molar-refractivity contribution is 0.100. The van der Waals surface area contributed by atoms with Gasteiger partial charge in [0.1, 0.15) is 0 Å². The maximum absolute atomic E-state index is 12.6. The highest BCUT2D eigenvalue weighted by molar-refractivity contribution is 6.42. The van der Waals surface area contributed by atoms with Crippen LogP contribution in [0.3, 0.4) is 0 Å². The second-order valence-electron chi connectivity index (χ2n) is 6.06. The van der Waals surface area contributed by atoms with E-state index >= 15 is 0 Å². The van der Waals surface area contributed by atoms with Crippen LogP contribution in [0.25, 0.3) is 0 Å². The molecule has 2 aromatic rings. The van der Waals surface area contributed by atoms with E-state index in [1.54, 1.807) is 18.2 Å². The summed E-state index contributed by atoms with van der Waals surface area (Å²) in [6, 6.07) is 9.40. The largest absolute Gasteiger partial charge is 0.366 e. The fourth-order valence-electron chi connectivity index (χ4n) is 2.87. The number of nitrogens with two attached hydrogens (primary N) is 1. The van der Waals surface area contributed by atoms with Crippen LogP contribution in [0.4, 0.5) is 10.5 Å². The second-order valence-corrected chi connectivity index (χ2v) is 7.28. The lowest BCUT2D eigenvalue weighted by atomic mass is 9.85. The van der Waals surface area contributed by atoms with Gasteiger partial charge in [-0.15, -0.1) is 0 Å². The molecule has 0 aliphatic heterocycles. The van der Waals surface area contributed by atoms with E-state index in [9.17, 15) is 9.59 Å². The molecule has 0 unspecified atom stereocenters. The molecule has 0 aromatic heterocycles. The average molecular weight is 429 g/mol. The Bertz CT molecular complexity index is 867. The third-order valence-corrected chi connectivity index (χ3v) is 5.58. The smallest absolute Gasteiger partial charge is 0.319 e. The number of halogens is 3. The molecule has 0 saturated heterocycles. The fourth-order valence-corrected chi connectivity index (χ4v) is 3.45. The van der Waals surface area contributed by atoms with Gasteiger partial charge in [0.25, 0.3) is 0 Å². The third kappa shape index (κ3) is 4.86. The Morgan fingerprint density at radius 3 is 2.15 bits per heavy atom.